The number of thioether (sulfide) groups is 1. The van der Waals surface area contributed by atoms with Gasteiger partial charge in [-0.15, -0.1) is 11.8 Å². The zero-order valence-corrected chi connectivity index (χ0v) is 10.4. The molecule has 0 fully saturated rings. The number of aromatic nitrogens is 2. The quantitative estimate of drug-likeness (QED) is 0.784. The molecule has 1 heterocycles. The number of rotatable bonds is 4. The van der Waals surface area contributed by atoms with E-state index in [0.717, 1.165) is 10.7 Å². The van der Waals surface area contributed by atoms with Crippen LogP contribution in [0.3, 0.4) is 0 Å². The average Bonchev–Trinajstić information content (AvgIpc) is 2.54. The van der Waals surface area contributed by atoms with Crippen molar-refractivity contribution in [3.8, 4) is 6.07 Å². The molecule has 0 aliphatic carbocycles. The monoisotopic (exact) mass is 224 g/mol. The third-order valence-corrected chi connectivity index (χ3v) is 3.67. The summed E-state index contributed by atoms with van der Waals surface area (Å²) in [6, 6.07) is 4.29. The van der Waals surface area contributed by atoms with Gasteiger partial charge in [0.25, 0.3) is 0 Å². The summed E-state index contributed by atoms with van der Waals surface area (Å²) in [6.07, 6.45) is 0. The maximum Gasteiger partial charge on any atom is 0.113 e. The third kappa shape index (κ3) is 2.98. The van der Waals surface area contributed by atoms with Crippen LogP contribution in [0.15, 0.2) is 11.1 Å². The van der Waals surface area contributed by atoms with Crippen molar-refractivity contribution in [1.82, 2.24) is 15.1 Å². The Kier molecular flexibility index (Phi) is 3.77. The molecule has 1 aromatic heterocycles. The molecule has 0 saturated heterocycles. The maximum atomic E-state index is 8.99. The molecule has 82 valence electrons. The Hall–Kier alpha value is -0.990. The Morgan fingerprint density at radius 1 is 1.73 bits per heavy atom. The second-order valence-electron chi connectivity index (χ2n) is 3.73. The van der Waals surface area contributed by atoms with Gasteiger partial charge in [-0.2, -0.15) is 10.4 Å². The fourth-order valence-electron chi connectivity index (χ4n) is 1.10. The molecule has 1 rings (SSSR count). The fourth-order valence-corrected chi connectivity index (χ4v) is 2.23. The van der Waals surface area contributed by atoms with Crippen LogP contribution in [0, 0.1) is 18.3 Å². The van der Waals surface area contributed by atoms with Crippen molar-refractivity contribution >= 4 is 11.8 Å². The molecule has 0 saturated carbocycles. The largest absolute Gasteiger partial charge is 0.302 e. The smallest absolute Gasteiger partial charge is 0.113 e. The van der Waals surface area contributed by atoms with E-state index in [4.69, 9.17) is 5.26 Å². The van der Waals surface area contributed by atoms with Crippen LogP contribution in [0.4, 0.5) is 0 Å². The molecule has 1 unspecified atom stereocenters. The van der Waals surface area contributed by atoms with Crippen LogP contribution in [-0.4, -0.2) is 28.1 Å². The molecule has 0 aromatic carbocycles. The van der Waals surface area contributed by atoms with Crippen LogP contribution in [0.2, 0.25) is 0 Å². The first-order chi connectivity index (χ1) is 7.00. The van der Waals surface area contributed by atoms with Gasteiger partial charge in [-0.25, -0.2) is 0 Å². The Bertz CT molecular complexity index is 379. The second kappa shape index (κ2) is 4.69. The van der Waals surface area contributed by atoms with E-state index in [9.17, 15) is 0 Å². The minimum Gasteiger partial charge on any atom is -0.302 e. The molecule has 1 aromatic rings. The highest BCUT2D eigenvalue weighted by Gasteiger charge is 2.21. The lowest BCUT2D eigenvalue weighted by atomic mass is 10.1. The van der Waals surface area contributed by atoms with Gasteiger partial charge in [-0.3, -0.25) is 4.68 Å². The first-order valence-electron chi connectivity index (χ1n) is 4.74. The van der Waals surface area contributed by atoms with Gasteiger partial charge in [0.1, 0.15) is 5.54 Å². The Balaban J connectivity index is 2.65. The molecule has 15 heavy (non-hydrogen) atoms. The molecule has 0 spiro atoms. The Labute approximate surface area is 94.7 Å². The topological polar surface area (TPSA) is 53.6 Å². The molecular weight excluding hydrogens is 208 g/mol. The number of nitrogens with zero attached hydrogens (tertiary/aromatic N) is 3. The molecule has 1 atom stereocenters. The third-order valence-electron chi connectivity index (χ3n) is 2.27. The van der Waals surface area contributed by atoms with E-state index in [-0.39, 0.29) is 0 Å². The molecule has 4 nitrogen and oxygen atoms in total. The normalized spacial score (nSPS) is 14.6. The van der Waals surface area contributed by atoms with Crippen LogP contribution in [0.25, 0.3) is 0 Å². The second-order valence-corrected chi connectivity index (χ2v) is 4.73. The van der Waals surface area contributed by atoms with Gasteiger partial charge in [-0.1, -0.05) is 0 Å². The lowest BCUT2D eigenvalue weighted by molar-refractivity contribution is 0.549. The highest BCUT2D eigenvalue weighted by Crippen LogP contribution is 2.22. The average molecular weight is 224 g/mol. The van der Waals surface area contributed by atoms with E-state index in [2.05, 4.69) is 16.5 Å². The summed E-state index contributed by atoms with van der Waals surface area (Å²) in [5, 5.41) is 17.3. The van der Waals surface area contributed by atoms with Crippen molar-refractivity contribution in [2.45, 2.75) is 24.4 Å². The predicted octanol–water partition coefficient (Wildman–Crippen LogP) is 1.32. The van der Waals surface area contributed by atoms with Gasteiger partial charge in [0.05, 0.1) is 16.8 Å². The van der Waals surface area contributed by atoms with Crippen molar-refractivity contribution in [2.24, 2.45) is 7.05 Å². The molecule has 0 bridgehead atoms. The fraction of sp³-hybridized carbons (Fsp3) is 0.600. The van der Waals surface area contributed by atoms with Crippen LogP contribution in [-0.2, 0) is 7.05 Å². The minimum absolute atomic E-state index is 0.483. The van der Waals surface area contributed by atoms with Crippen molar-refractivity contribution in [2.75, 3.05) is 12.8 Å². The summed E-state index contributed by atoms with van der Waals surface area (Å²) in [6.45, 7) is 3.86. The van der Waals surface area contributed by atoms with Gasteiger partial charge >= 0.3 is 0 Å². The molecule has 0 amide bonds. The maximum absolute atomic E-state index is 8.99. The molecular formula is C10H16N4S. The summed E-state index contributed by atoms with van der Waals surface area (Å²) < 4.78 is 1.84. The molecule has 5 heteroatoms. The number of nitriles is 1. The molecule has 0 aliphatic heterocycles. The zero-order valence-electron chi connectivity index (χ0n) is 9.53. The van der Waals surface area contributed by atoms with Crippen LogP contribution in [0.1, 0.15) is 12.6 Å². The highest BCUT2D eigenvalue weighted by molar-refractivity contribution is 7.99. The van der Waals surface area contributed by atoms with Crippen LogP contribution in [0.5, 0.6) is 0 Å². The summed E-state index contributed by atoms with van der Waals surface area (Å²) in [5.41, 5.74) is 0.520. The predicted molar refractivity (Wildman–Crippen MR) is 61.7 cm³/mol. The van der Waals surface area contributed by atoms with Gasteiger partial charge in [0.15, 0.2) is 0 Å². The molecule has 0 radical (unpaired) electrons. The standard InChI is InChI=1S/C10H16N4S/c1-8-5-9(14(4)13-8)15-7-10(2,6-11)12-3/h5,12H,7H2,1-4H3. The highest BCUT2D eigenvalue weighted by atomic mass is 32.2. The number of hydrogen-bond donors (Lipinski definition) is 1. The number of nitrogens with one attached hydrogen (secondary N) is 1. The van der Waals surface area contributed by atoms with E-state index < -0.39 is 5.54 Å². The van der Waals surface area contributed by atoms with Crippen LogP contribution >= 0.6 is 11.8 Å². The summed E-state index contributed by atoms with van der Waals surface area (Å²) in [7, 11) is 3.72. The first-order valence-corrected chi connectivity index (χ1v) is 5.73. The lowest BCUT2D eigenvalue weighted by Gasteiger charge is -2.19. The van der Waals surface area contributed by atoms with E-state index in [1.807, 2.05) is 31.6 Å². The first kappa shape index (κ1) is 12.1. The molecule has 1 N–H and O–H groups in total. The number of aryl methyl sites for hydroxylation is 2. The summed E-state index contributed by atoms with van der Waals surface area (Å²) in [4.78, 5) is 0. The van der Waals surface area contributed by atoms with Crippen molar-refractivity contribution in [1.29, 1.82) is 5.26 Å². The van der Waals surface area contributed by atoms with Crippen molar-refractivity contribution < 1.29 is 0 Å². The van der Waals surface area contributed by atoms with Gasteiger partial charge in [0, 0.05) is 12.8 Å². The van der Waals surface area contributed by atoms with Gasteiger partial charge < -0.3 is 5.32 Å². The summed E-state index contributed by atoms with van der Waals surface area (Å²) >= 11 is 1.64. The van der Waals surface area contributed by atoms with E-state index in [0.29, 0.717) is 5.75 Å². The van der Waals surface area contributed by atoms with Crippen molar-refractivity contribution in [3.63, 3.8) is 0 Å². The number of hydrogen-bond acceptors (Lipinski definition) is 4. The minimum atomic E-state index is -0.483. The Morgan fingerprint density at radius 2 is 2.40 bits per heavy atom. The molecule has 0 aliphatic rings. The van der Waals surface area contributed by atoms with E-state index >= 15 is 0 Å². The lowest BCUT2D eigenvalue weighted by Crippen LogP contribution is -2.40. The van der Waals surface area contributed by atoms with Crippen molar-refractivity contribution in [3.05, 3.63) is 11.8 Å². The SMILES string of the molecule is CNC(C)(C#N)CSc1cc(C)nn1C. The van der Waals surface area contributed by atoms with Gasteiger partial charge in [-0.05, 0) is 27.0 Å². The Morgan fingerprint density at radius 3 is 2.80 bits per heavy atom. The van der Waals surface area contributed by atoms with Gasteiger partial charge in [0.2, 0.25) is 0 Å². The summed E-state index contributed by atoms with van der Waals surface area (Å²) in [5.74, 6) is 0.707. The van der Waals surface area contributed by atoms with Crippen LogP contribution < -0.4 is 5.32 Å². The van der Waals surface area contributed by atoms with E-state index in [1.165, 1.54) is 0 Å². The zero-order chi connectivity index (χ0) is 11.5. The van der Waals surface area contributed by atoms with E-state index in [1.54, 1.807) is 18.8 Å².